The van der Waals surface area contributed by atoms with E-state index in [1.165, 1.54) is 6.42 Å². The summed E-state index contributed by atoms with van der Waals surface area (Å²) in [5.41, 5.74) is 0. The van der Waals surface area contributed by atoms with E-state index in [0.717, 1.165) is 13.0 Å². The van der Waals surface area contributed by atoms with Gasteiger partial charge in [0.25, 0.3) is 0 Å². The molecule has 1 aliphatic carbocycles. The van der Waals surface area contributed by atoms with E-state index in [2.05, 4.69) is 5.32 Å². The molecule has 1 heterocycles. The van der Waals surface area contributed by atoms with Crippen molar-refractivity contribution in [1.29, 1.82) is 0 Å². The molecule has 2 aliphatic rings. The van der Waals surface area contributed by atoms with Crippen LogP contribution in [0.4, 0.5) is 0 Å². The van der Waals surface area contributed by atoms with E-state index >= 15 is 0 Å². The Balaban J connectivity index is 0.000000405. The monoisotopic (exact) mass is 149 g/mol. The number of halogens is 1. The number of fused-ring (bicyclic) bond motifs is 1. The molecule has 2 rings (SSSR count). The summed E-state index contributed by atoms with van der Waals surface area (Å²) in [6.45, 7) is 1.12. The van der Waals surface area contributed by atoms with Crippen LogP contribution in [-0.2, 0) is 0 Å². The lowest BCUT2D eigenvalue weighted by Gasteiger charge is -2.35. The number of hydrogen-bond donors (Lipinski definition) is 2. The SMILES string of the molecule is Cl.O[C@@H]1C[C@@H]2NCC[C@H]12. The number of aliphatic hydroxyl groups excluding tert-OH is 1. The van der Waals surface area contributed by atoms with Gasteiger partial charge in [-0.2, -0.15) is 0 Å². The molecular weight excluding hydrogens is 138 g/mol. The standard InChI is InChI=1S/C6H11NO.ClH/c8-6-3-5-4(6)1-2-7-5;/h4-8H,1-3H2;1H/t4-,5-,6+;/m0./s1. The molecule has 3 heteroatoms. The fraction of sp³-hybridized carbons (Fsp3) is 1.00. The molecule has 2 N–H and O–H groups in total. The van der Waals surface area contributed by atoms with Crippen molar-refractivity contribution in [2.75, 3.05) is 6.54 Å². The average Bonchev–Trinajstić information content (AvgIpc) is 2.09. The first-order valence-corrected chi connectivity index (χ1v) is 3.29. The minimum absolute atomic E-state index is 0. The molecular formula is C6H12ClNO. The van der Waals surface area contributed by atoms with Gasteiger partial charge in [0.2, 0.25) is 0 Å². The summed E-state index contributed by atoms with van der Waals surface area (Å²) >= 11 is 0. The van der Waals surface area contributed by atoms with Crippen LogP contribution in [0.5, 0.6) is 0 Å². The highest BCUT2D eigenvalue weighted by Gasteiger charge is 2.42. The molecule has 0 unspecified atom stereocenters. The van der Waals surface area contributed by atoms with E-state index < -0.39 is 0 Å². The minimum atomic E-state index is 0. The van der Waals surface area contributed by atoms with Gasteiger partial charge in [-0.25, -0.2) is 0 Å². The van der Waals surface area contributed by atoms with Gasteiger partial charge < -0.3 is 10.4 Å². The lowest BCUT2D eigenvalue weighted by atomic mass is 9.78. The second-order valence-electron chi connectivity index (χ2n) is 2.82. The van der Waals surface area contributed by atoms with Crippen LogP contribution in [0, 0.1) is 5.92 Å². The molecule has 1 saturated carbocycles. The van der Waals surface area contributed by atoms with Crippen LogP contribution in [-0.4, -0.2) is 23.8 Å². The second-order valence-corrected chi connectivity index (χ2v) is 2.82. The van der Waals surface area contributed by atoms with E-state index in [1.54, 1.807) is 0 Å². The molecule has 9 heavy (non-hydrogen) atoms. The summed E-state index contributed by atoms with van der Waals surface area (Å²) < 4.78 is 0. The molecule has 0 amide bonds. The maximum Gasteiger partial charge on any atom is 0.0598 e. The summed E-state index contributed by atoms with van der Waals surface area (Å²) in [6, 6.07) is 0.671. The predicted molar refractivity (Wildman–Crippen MR) is 37.8 cm³/mol. The van der Waals surface area contributed by atoms with Gasteiger partial charge in [0.15, 0.2) is 0 Å². The Morgan fingerprint density at radius 3 is 2.67 bits per heavy atom. The Morgan fingerprint density at radius 1 is 1.44 bits per heavy atom. The topological polar surface area (TPSA) is 32.3 Å². The number of aliphatic hydroxyl groups is 1. The maximum atomic E-state index is 9.08. The number of rotatable bonds is 0. The molecule has 2 nitrogen and oxygen atoms in total. The molecule has 0 bridgehead atoms. The Hall–Kier alpha value is 0.210. The first-order chi connectivity index (χ1) is 3.88. The number of nitrogens with one attached hydrogen (secondary N) is 1. The molecule has 1 saturated heterocycles. The number of hydrogen-bond acceptors (Lipinski definition) is 2. The van der Waals surface area contributed by atoms with E-state index in [0.29, 0.717) is 12.0 Å². The van der Waals surface area contributed by atoms with Crippen LogP contribution in [0.1, 0.15) is 12.8 Å². The van der Waals surface area contributed by atoms with E-state index in [9.17, 15) is 0 Å². The fourth-order valence-electron chi connectivity index (χ4n) is 1.75. The molecule has 2 fully saturated rings. The molecule has 0 spiro atoms. The van der Waals surface area contributed by atoms with Gasteiger partial charge in [-0.1, -0.05) is 0 Å². The molecule has 0 radical (unpaired) electrons. The van der Waals surface area contributed by atoms with Crippen molar-refractivity contribution in [2.45, 2.75) is 25.0 Å². The quantitative estimate of drug-likeness (QED) is 0.514. The molecule has 54 valence electrons. The molecule has 3 atom stereocenters. The first-order valence-electron chi connectivity index (χ1n) is 3.29. The Bertz CT molecular complexity index is 109. The molecule has 1 aliphatic heterocycles. The summed E-state index contributed by atoms with van der Waals surface area (Å²) in [7, 11) is 0. The third-order valence-electron chi connectivity index (χ3n) is 2.39. The summed E-state index contributed by atoms with van der Waals surface area (Å²) in [5, 5.41) is 12.4. The van der Waals surface area contributed by atoms with Crippen LogP contribution in [0.2, 0.25) is 0 Å². The van der Waals surface area contributed by atoms with Crippen molar-refractivity contribution < 1.29 is 5.11 Å². The average molecular weight is 150 g/mol. The van der Waals surface area contributed by atoms with Gasteiger partial charge in [-0.05, 0) is 19.4 Å². The van der Waals surface area contributed by atoms with E-state index in [4.69, 9.17) is 5.11 Å². The zero-order valence-electron chi connectivity index (χ0n) is 5.21. The van der Waals surface area contributed by atoms with Gasteiger partial charge in [0, 0.05) is 12.0 Å². The highest BCUT2D eigenvalue weighted by Crippen LogP contribution is 2.34. The highest BCUT2D eigenvalue weighted by molar-refractivity contribution is 5.85. The maximum absolute atomic E-state index is 9.08. The lowest BCUT2D eigenvalue weighted by molar-refractivity contribution is 0.0130. The fourth-order valence-corrected chi connectivity index (χ4v) is 1.75. The lowest BCUT2D eigenvalue weighted by Crippen LogP contribution is -2.47. The second kappa shape index (κ2) is 2.45. The molecule has 0 aromatic carbocycles. The Morgan fingerprint density at radius 2 is 2.22 bits per heavy atom. The third kappa shape index (κ3) is 0.955. The van der Waals surface area contributed by atoms with Crippen molar-refractivity contribution in [2.24, 2.45) is 5.92 Å². The normalized spacial score (nSPS) is 47.0. The summed E-state index contributed by atoms with van der Waals surface area (Å²) in [6.07, 6.45) is 2.20. The Labute approximate surface area is 61.0 Å². The van der Waals surface area contributed by atoms with E-state index in [-0.39, 0.29) is 18.5 Å². The van der Waals surface area contributed by atoms with Crippen molar-refractivity contribution in [3.8, 4) is 0 Å². The summed E-state index contributed by atoms with van der Waals surface area (Å²) in [5.74, 6) is 0.606. The minimum Gasteiger partial charge on any atom is -0.393 e. The van der Waals surface area contributed by atoms with Crippen LogP contribution < -0.4 is 5.32 Å². The zero-order chi connectivity index (χ0) is 5.56. The van der Waals surface area contributed by atoms with Gasteiger partial charge in [0.05, 0.1) is 6.10 Å². The van der Waals surface area contributed by atoms with Crippen LogP contribution in [0.15, 0.2) is 0 Å². The van der Waals surface area contributed by atoms with Crippen LogP contribution >= 0.6 is 12.4 Å². The largest absolute Gasteiger partial charge is 0.393 e. The summed E-state index contributed by atoms with van der Waals surface area (Å²) in [4.78, 5) is 0. The van der Waals surface area contributed by atoms with Crippen LogP contribution in [0.3, 0.4) is 0 Å². The van der Waals surface area contributed by atoms with E-state index in [1.807, 2.05) is 0 Å². The van der Waals surface area contributed by atoms with Gasteiger partial charge in [0.1, 0.15) is 0 Å². The Kier molecular flexibility index (Phi) is 1.99. The smallest absolute Gasteiger partial charge is 0.0598 e. The van der Waals surface area contributed by atoms with Crippen molar-refractivity contribution in [3.63, 3.8) is 0 Å². The van der Waals surface area contributed by atoms with Gasteiger partial charge in [-0.15, -0.1) is 12.4 Å². The first kappa shape index (κ1) is 7.32. The van der Waals surface area contributed by atoms with Gasteiger partial charge >= 0.3 is 0 Å². The van der Waals surface area contributed by atoms with Gasteiger partial charge in [-0.3, -0.25) is 0 Å². The molecule has 0 aromatic rings. The van der Waals surface area contributed by atoms with Crippen molar-refractivity contribution in [1.82, 2.24) is 5.32 Å². The third-order valence-corrected chi connectivity index (χ3v) is 2.39. The van der Waals surface area contributed by atoms with Crippen LogP contribution in [0.25, 0.3) is 0 Å². The van der Waals surface area contributed by atoms with Crippen molar-refractivity contribution >= 4 is 12.4 Å². The predicted octanol–water partition coefficient (Wildman–Crippen LogP) is 0.151. The highest BCUT2D eigenvalue weighted by atomic mass is 35.5. The zero-order valence-corrected chi connectivity index (χ0v) is 6.03. The van der Waals surface area contributed by atoms with Crippen molar-refractivity contribution in [3.05, 3.63) is 0 Å². The molecule has 0 aromatic heterocycles.